The summed E-state index contributed by atoms with van der Waals surface area (Å²) in [5.41, 5.74) is 0.166. The Morgan fingerprint density at radius 1 is 1.11 bits per heavy atom. The van der Waals surface area contributed by atoms with E-state index in [-0.39, 0.29) is 18.0 Å². The van der Waals surface area contributed by atoms with Gasteiger partial charge in [0.2, 0.25) is 0 Å². The minimum absolute atomic E-state index is 0.0281. The third-order valence-corrected chi connectivity index (χ3v) is 4.62. The lowest BCUT2D eigenvalue weighted by Crippen LogP contribution is -2.09. The summed E-state index contributed by atoms with van der Waals surface area (Å²) in [6.07, 6.45) is -4.48. The molecule has 0 aliphatic rings. The number of thioether (sulfide) groups is 1. The summed E-state index contributed by atoms with van der Waals surface area (Å²) in [6, 6.07) is 13.9. The molecule has 0 atom stereocenters. The Bertz CT molecular complexity index is 959. The van der Waals surface area contributed by atoms with Crippen molar-refractivity contribution in [3.05, 3.63) is 60.2 Å². The predicted molar refractivity (Wildman–Crippen MR) is 99.2 cm³/mol. The minimum Gasteiger partial charge on any atom is -0.465 e. The molecule has 0 unspecified atom stereocenters. The van der Waals surface area contributed by atoms with Gasteiger partial charge in [-0.15, -0.1) is 10.2 Å². The number of ether oxygens (including phenoxy) is 1. The number of carbonyl (C=O) groups is 1. The molecule has 0 fully saturated rings. The van der Waals surface area contributed by atoms with Crippen LogP contribution in [0.15, 0.2) is 59.8 Å². The van der Waals surface area contributed by atoms with E-state index < -0.39 is 17.7 Å². The van der Waals surface area contributed by atoms with Crippen molar-refractivity contribution in [2.45, 2.75) is 18.3 Å². The molecule has 0 aliphatic heterocycles. The van der Waals surface area contributed by atoms with Gasteiger partial charge in [-0.2, -0.15) is 13.2 Å². The van der Waals surface area contributed by atoms with Crippen molar-refractivity contribution < 1.29 is 22.7 Å². The largest absolute Gasteiger partial charge is 0.465 e. The maximum absolute atomic E-state index is 13.2. The fourth-order valence-corrected chi connectivity index (χ4v) is 3.27. The number of benzene rings is 2. The van der Waals surface area contributed by atoms with E-state index in [0.29, 0.717) is 16.5 Å². The molecular formula is C19H16F3N3O2S. The van der Waals surface area contributed by atoms with Crippen molar-refractivity contribution in [3.8, 4) is 17.1 Å². The number of carbonyl (C=O) groups excluding carboxylic acids is 1. The lowest BCUT2D eigenvalue weighted by atomic mass is 10.1. The maximum atomic E-state index is 13.2. The number of rotatable bonds is 6. The van der Waals surface area contributed by atoms with Crippen LogP contribution in [0.4, 0.5) is 13.2 Å². The first kappa shape index (κ1) is 19.9. The van der Waals surface area contributed by atoms with Gasteiger partial charge in [0.1, 0.15) is 0 Å². The fourth-order valence-electron chi connectivity index (χ4n) is 2.52. The second-order valence-electron chi connectivity index (χ2n) is 5.65. The van der Waals surface area contributed by atoms with E-state index in [4.69, 9.17) is 4.74 Å². The van der Waals surface area contributed by atoms with E-state index >= 15 is 0 Å². The van der Waals surface area contributed by atoms with Crippen molar-refractivity contribution in [2.24, 2.45) is 0 Å². The summed E-state index contributed by atoms with van der Waals surface area (Å²) >= 11 is 1.05. The highest BCUT2D eigenvalue weighted by molar-refractivity contribution is 7.99. The smallest absolute Gasteiger partial charge is 0.416 e. The monoisotopic (exact) mass is 407 g/mol. The summed E-state index contributed by atoms with van der Waals surface area (Å²) in [7, 11) is 0. The first-order valence-electron chi connectivity index (χ1n) is 8.37. The molecule has 0 amide bonds. The highest BCUT2D eigenvalue weighted by Gasteiger charge is 2.31. The summed E-state index contributed by atoms with van der Waals surface area (Å²) in [5.74, 6) is -0.0849. The molecule has 1 heterocycles. The third-order valence-electron chi connectivity index (χ3n) is 3.72. The molecule has 0 aliphatic carbocycles. The number of aromatic nitrogens is 3. The van der Waals surface area contributed by atoms with Gasteiger partial charge < -0.3 is 4.74 Å². The molecule has 5 nitrogen and oxygen atoms in total. The van der Waals surface area contributed by atoms with Gasteiger partial charge in [0, 0.05) is 5.56 Å². The van der Waals surface area contributed by atoms with Crippen molar-refractivity contribution in [2.75, 3.05) is 12.4 Å². The number of nitrogens with zero attached hydrogens (tertiary/aromatic N) is 3. The highest BCUT2D eigenvalue weighted by atomic mass is 32.2. The topological polar surface area (TPSA) is 57.0 Å². The van der Waals surface area contributed by atoms with Crippen LogP contribution in [0.1, 0.15) is 12.5 Å². The molecule has 0 bridgehead atoms. The highest BCUT2D eigenvalue weighted by Crippen LogP contribution is 2.33. The molecule has 146 valence electrons. The van der Waals surface area contributed by atoms with Crippen LogP contribution in [0.3, 0.4) is 0 Å². The van der Waals surface area contributed by atoms with Crippen LogP contribution in [0, 0.1) is 0 Å². The van der Waals surface area contributed by atoms with Crippen molar-refractivity contribution in [1.82, 2.24) is 14.8 Å². The van der Waals surface area contributed by atoms with Crippen LogP contribution in [0.25, 0.3) is 17.1 Å². The molecule has 3 rings (SSSR count). The zero-order valence-electron chi connectivity index (χ0n) is 14.8. The lowest BCUT2D eigenvalue weighted by molar-refractivity contribution is -0.140. The van der Waals surface area contributed by atoms with Crippen LogP contribution in [0.5, 0.6) is 0 Å². The Balaban J connectivity index is 2.06. The summed E-state index contributed by atoms with van der Waals surface area (Å²) < 4.78 is 45.9. The Kier molecular flexibility index (Phi) is 6.03. The zero-order valence-corrected chi connectivity index (χ0v) is 15.6. The van der Waals surface area contributed by atoms with Crippen molar-refractivity contribution in [3.63, 3.8) is 0 Å². The number of esters is 1. The van der Waals surface area contributed by atoms with Crippen LogP contribution in [-0.4, -0.2) is 33.1 Å². The second kappa shape index (κ2) is 8.47. The third kappa shape index (κ3) is 4.53. The normalized spacial score (nSPS) is 11.4. The average molecular weight is 407 g/mol. The molecule has 0 spiro atoms. The fraction of sp³-hybridized carbons (Fsp3) is 0.211. The van der Waals surface area contributed by atoms with Crippen LogP contribution >= 0.6 is 11.8 Å². The number of alkyl halides is 3. The predicted octanol–water partition coefficient (Wildman–Crippen LogP) is 4.61. The van der Waals surface area contributed by atoms with Gasteiger partial charge in [-0.05, 0) is 25.1 Å². The van der Waals surface area contributed by atoms with Crippen molar-refractivity contribution >= 4 is 17.7 Å². The van der Waals surface area contributed by atoms with Crippen LogP contribution in [-0.2, 0) is 15.7 Å². The van der Waals surface area contributed by atoms with Gasteiger partial charge in [0.15, 0.2) is 11.0 Å². The SMILES string of the molecule is CCOC(=O)CSc1nnc(-c2ccccc2)n1-c1cccc(C(F)(F)F)c1. The molecule has 3 aromatic rings. The lowest BCUT2D eigenvalue weighted by Gasteiger charge is -2.13. The molecule has 0 radical (unpaired) electrons. The molecular weight excluding hydrogens is 391 g/mol. The number of halogens is 3. The molecule has 9 heteroatoms. The number of hydrogen-bond acceptors (Lipinski definition) is 5. The molecule has 0 N–H and O–H groups in total. The molecule has 2 aromatic carbocycles. The summed E-state index contributed by atoms with van der Waals surface area (Å²) in [5, 5.41) is 8.51. The van der Waals surface area contributed by atoms with Gasteiger partial charge in [-0.3, -0.25) is 9.36 Å². The average Bonchev–Trinajstić information content (AvgIpc) is 3.11. The van der Waals surface area contributed by atoms with Crippen molar-refractivity contribution in [1.29, 1.82) is 0 Å². The Morgan fingerprint density at radius 2 is 1.86 bits per heavy atom. The van der Waals surface area contributed by atoms with Gasteiger partial charge in [0.05, 0.1) is 23.6 Å². The first-order chi connectivity index (χ1) is 13.4. The molecule has 0 saturated heterocycles. The van der Waals surface area contributed by atoms with E-state index in [1.54, 1.807) is 37.3 Å². The maximum Gasteiger partial charge on any atom is 0.416 e. The summed E-state index contributed by atoms with van der Waals surface area (Å²) in [4.78, 5) is 11.7. The van der Waals surface area contributed by atoms with E-state index in [9.17, 15) is 18.0 Å². The van der Waals surface area contributed by atoms with Gasteiger partial charge in [0.25, 0.3) is 0 Å². The first-order valence-corrected chi connectivity index (χ1v) is 9.35. The zero-order chi connectivity index (χ0) is 20.1. The van der Waals surface area contributed by atoms with Gasteiger partial charge >= 0.3 is 12.1 Å². The summed E-state index contributed by atoms with van der Waals surface area (Å²) in [6.45, 7) is 1.94. The quantitative estimate of drug-likeness (QED) is 0.441. The molecule has 28 heavy (non-hydrogen) atoms. The molecule has 0 saturated carbocycles. The minimum atomic E-state index is -4.48. The molecule has 1 aromatic heterocycles. The Labute approximate surface area is 163 Å². The van der Waals surface area contributed by atoms with E-state index in [2.05, 4.69) is 10.2 Å². The Morgan fingerprint density at radius 3 is 2.54 bits per heavy atom. The second-order valence-corrected chi connectivity index (χ2v) is 6.59. The van der Waals surface area contributed by atoms with Crippen LogP contribution in [0.2, 0.25) is 0 Å². The standard InChI is InChI=1S/C19H16F3N3O2S/c1-2-27-16(26)12-28-18-24-23-17(13-7-4-3-5-8-13)25(18)15-10-6-9-14(11-15)19(20,21)22/h3-11H,2,12H2,1H3. The van der Waals surface area contributed by atoms with Gasteiger partial charge in [-0.25, -0.2) is 0 Å². The van der Waals surface area contributed by atoms with E-state index in [0.717, 1.165) is 23.9 Å². The number of hydrogen-bond donors (Lipinski definition) is 0. The Hall–Kier alpha value is -2.81. The van der Waals surface area contributed by atoms with E-state index in [1.165, 1.54) is 10.6 Å². The van der Waals surface area contributed by atoms with E-state index in [1.807, 2.05) is 6.07 Å². The van der Waals surface area contributed by atoms with Gasteiger partial charge in [-0.1, -0.05) is 48.2 Å². The van der Waals surface area contributed by atoms with Crippen LogP contribution < -0.4 is 0 Å².